The minimum absolute atomic E-state index is 0.137. The summed E-state index contributed by atoms with van der Waals surface area (Å²) in [5.74, 6) is 2.89. The van der Waals surface area contributed by atoms with E-state index >= 15 is 0 Å². The molecular formula is C26H30N6O5. The number of nitrogens with one attached hydrogen (secondary N) is 1. The minimum atomic E-state index is -0.155. The maximum atomic E-state index is 13.1. The average molecular weight is 507 g/mol. The molecule has 0 radical (unpaired) electrons. The van der Waals surface area contributed by atoms with E-state index in [9.17, 15) is 4.79 Å². The van der Waals surface area contributed by atoms with Gasteiger partial charge in [0.05, 0.1) is 26.3 Å². The van der Waals surface area contributed by atoms with Gasteiger partial charge in [-0.1, -0.05) is 13.0 Å². The maximum Gasteiger partial charge on any atom is 0.252 e. The van der Waals surface area contributed by atoms with E-state index in [0.29, 0.717) is 37.6 Å². The van der Waals surface area contributed by atoms with Crippen LogP contribution in [0.4, 0.5) is 0 Å². The molecule has 0 aliphatic carbocycles. The molecule has 0 saturated carbocycles. The highest BCUT2D eigenvalue weighted by molar-refractivity contribution is 5.80. The zero-order valence-electron chi connectivity index (χ0n) is 21.1. The molecule has 4 aromatic rings. The van der Waals surface area contributed by atoms with Crippen molar-refractivity contribution in [2.45, 2.75) is 39.0 Å². The Kier molecular flexibility index (Phi) is 7.33. The van der Waals surface area contributed by atoms with Crippen LogP contribution in [0.25, 0.3) is 10.9 Å². The Hall–Kier alpha value is -3.96. The summed E-state index contributed by atoms with van der Waals surface area (Å²) >= 11 is 0. The van der Waals surface area contributed by atoms with E-state index in [-0.39, 0.29) is 18.4 Å². The molecule has 11 heteroatoms. The summed E-state index contributed by atoms with van der Waals surface area (Å²) in [6, 6.07) is 13.3. The average Bonchev–Trinajstić information content (AvgIpc) is 3.57. The van der Waals surface area contributed by atoms with Crippen LogP contribution in [0.5, 0.6) is 17.2 Å². The first-order chi connectivity index (χ1) is 18.1. The highest BCUT2D eigenvalue weighted by Gasteiger charge is 2.27. The topological polar surface area (TPSA) is 117 Å². The Labute approximate surface area is 213 Å². The van der Waals surface area contributed by atoms with E-state index in [1.165, 1.54) is 0 Å². The van der Waals surface area contributed by atoms with Gasteiger partial charge in [-0.15, -0.1) is 5.10 Å². The summed E-state index contributed by atoms with van der Waals surface area (Å²) < 4.78 is 23.5. The summed E-state index contributed by atoms with van der Waals surface area (Å²) in [7, 11) is 3.27. The second kappa shape index (κ2) is 11.0. The SMILES string of the molecule is CCC(c1nnnn1CCOC)N(Cc1ccc2c(c1)OCO2)Cc1cc2cc(OC)ccc2[nH]c1=O. The van der Waals surface area contributed by atoms with Crippen LogP contribution in [0.3, 0.4) is 0 Å². The molecule has 11 nitrogen and oxygen atoms in total. The zero-order valence-corrected chi connectivity index (χ0v) is 21.1. The fraction of sp³-hybridized carbons (Fsp3) is 0.385. The lowest BCUT2D eigenvalue weighted by molar-refractivity contribution is 0.150. The van der Waals surface area contributed by atoms with Gasteiger partial charge in [-0.3, -0.25) is 9.69 Å². The van der Waals surface area contributed by atoms with Gasteiger partial charge in [-0.05, 0) is 58.8 Å². The van der Waals surface area contributed by atoms with Gasteiger partial charge in [-0.2, -0.15) is 0 Å². The van der Waals surface area contributed by atoms with Crippen LogP contribution in [0, 0.1) is 0 Å². The Morgan fingerprint density at radius 1 is 1.11 bits per heavy atom. The third kappa shape index (κ3) is 5.27. The number of aromatic nitrogens is 5. The highest BCUT2D eigenvalue weighted by atomic mass is 16.7. The molecule has 5 rings (SSSR count). The number of aromatic amines is 1. The van der Waals surface area contributed by atoms with Gasteiger partial charge < -0.3 is 23.9 Å². The summed E-state index contributed by atoms with van der Waals surface area (Å²) in [6.45, 7) is 4.24. The molecule has 37 heavy (non-hydrogen) atoms. The van der Waals surface area contributed by atoms with E-state index in [2.05, 4.69) is 32.3 Å². The molecule has 3 heterocycles. The van der Waals surface area contributed by atoms with Crippen LogP contribution in [0.1, 0.15) is 36.3 Å². The number of tetrazole rings is 1. The number of ether oxygens (including phenoxy) is 4. The number of nitrogens with zero attached hydrogens (tertiary/aromatic N) is 5. The van der Waals surface area contributed by atoms with Gasteiger partial charge in [-0.25, -0.2) is 4.68 Å². The Morgan fingerprint density at radius 3 is 2.78 bits per heavy atom. The number of fused-ring (bicyclic) bond motifs is 2. The summed E-state index contributed by atoms with van der Waals surface area (Å²) in [5, 5.41) is 13.4. The van der Waals surface area contributed by atoms with Gasteiger partial charge in [0.2, 0.25) is 6.79 Å². The third-order valence-corrected chi connectivity index (χ3v) is 6.52. The van der Waals surface area contributed by atoms with Crippen molar-refractivity contribution in [3.8, 4) is 17.2 Å². The van der Waals surface area contributed by atoms with Crippen molar-refractivity contribution in [3.05, 3.63) is 69.8 Å². The van der Waals surface area contributed by atoms with Crippen molar-refractivity contribution in [3.63, 3.8) is 0 Å². The van der Waals surface area contributed by atoms with E-state index in [1.807, 2.05) is 42.5 Å². The van der Waals surface area contributed by atoms with Crippen LogP contribution in [0.2, 0.25) is 0 Å². The molecule has 0 saturated heterocycles. The van der Waals surface area contributed by atoms with Crippen LogP contribution in [-0.2, 0) is 24.4 Å². The van der Waals surface area contributed by atoms with Crippen LogP contribution in [-0.4, -0.2) is 57.7 Å². The van der Waals surface area contributed by atoms with E-state index in [4.69, 9.17) is 18.9 Å². The van der Waals surface area contributed by atoms with Crippen molar-refractivity contribution in [1.82, 2.24) is 30.1 Å². The molecule has 0 spiro atoms. The number of rotatable bonds is 11. The molecule has 2 aromatic heterocycles. The predicted molar refractivity (Wildman–Crippen MR) is 136 cm³/mol. The molecule has 0 fully saturated rings. The van der Waals surface area contributed by atoms with E-state index in [1.54, 1.807) is 18.9 Å². The molecule has 1 unspecified atom stereocenters. The van der Waals surface area contributed by atoms with Crippen molar-refractivity contribution in [1.29, 1.82) is 0 Å². The molecular weight excluding hydrogens is 476 g/mol. The normalized spacial score (nSPS) is 13.4. The molecule has 194 valence electrons. The van der Waals surface area contributed by atoms with Crippen LogP contribution < -0.4 is 19.8 Å². The fourth-order valence-corrected chi connectivity index (χ4v) is 4.63. The van der Waals surface area contributed by atoms with Crippen LogP contribution >= 0.6 is 0 Å². The maximum absolute atomic E-state index is 13.1. The van der Waals surface area contributed by atoms with Crippen molar-refractivity contribution >= 4 is 10.9 Å². The number of hydrogen-bond acceptors (Lipinski definition) is 9. The van der Waals surface area contributed by atoms with Crippen molar-refractivity contribution in [2.24, 2.45) is 0 Å². The molecule has 0 bridgehead atoms. The number of methoxy groups -OCH3 is 2. The van der Waals surface area contributed by atoms with Crippen LogP contribution in [0.15, 0.2) is 47.3 Å². The van der Waals surface area contributed by atoms with Gasteiger partial charge in [0.25, 0.3) is 5.56 Å². The number of benzene rings is 2. The molecule has 1 aliphatic heterocycles. The predicted octanol–water partition coefficient (Wildman–Crippen LogP) is 3.05. The first-order valence-corrected chi connectivity index (χ1v) is 12.2. The standard InChI is InChI=1S/C26H30N6O5/c1-4-22(25-28-29-30-32(25)9-10-34-2)31(14-17-5-8-23-24(11-17)37-16-36-23)15-19-12-18-13-20(35-3)6-7-21(18)27-26(19)33/h5-8,11-13,22H,4,9-10,14-16H2,1-3H3,(H,27,33). The van der Waals surface area contributed by atoms with Gasteiger partial charge in [0, 0.05) is 36.7 Å². The zero-order chi connectivity index (χ0) is 25.8. The van der Waals surface area contributed by atoms with Gasteiger partial charge in [0.15, 0.2) is 17.3 Å². The quantitative estimate of drug-likeness (QED) is 0.328. The summed E-state index contributed by atoms with van der Waals surface area (Å²) in [5.41, 5.74) is 2.28. The van der Waals surface area contributed by atoms with Gasteiger partial charge >= 0.3 is 0 Å². The first kappa shape index (κ1) is 24.7. The summed E-state index contributed by atoms with van der Waals surface area (Å²) in [4.78, 5) is 18.3. The van der Waals surface area contributed by atoms with Crippen molar-refractivity contribution < 1.29 is 18.9 Å². The molecule has 1 atom stereocenters. The second-order valence-electron chi connectivity index (χ2n) is 8.85. The monoisotopic (exact) mass is 506 g/mol. The lowest BCUT2D eigenvalue weighted by atomic mass is 10.1. The highest BCUT2D eigenvalue weighted by Crippen LogP contribution is 2.34. The first-order valence-electron chi connectivity index (χ1n) is 12.2. The second-order valence-corrected chi connectivity index (χ2v) is 8.85. The Bertz CT molecular complexity index is 1430. The molecule has 1 N–H and O–H groups in total. The molecule has 1 aliphatic rings. The number of H-pyrrole nitrogens is 1. The lowest BCUT2D eigenvalue weighted by Crippen LogP contribution is -2.32. The molecule has 0 amide bonds. The van der Waals surface area contributed by atoms with E-state index in [0.717, 1.165) is 40.2 Å². The van der Waals surface area contributed by atoms with Crippen molar-refractivity contribution in [2.75, 3.05) is 27.6 Å². The fourth-order valence-electron chi connectivity index (χ4n) is 4.63. The number of hydrogen-bond donors (Lipinski definition) is 1. The summed E-state index contributed by atoms with van der Waals surface area (Å²) in [6.07, 6.45) is 0.733. The largest absolute Gasteiger partial charge is 0.497 e. The van der Waals surface area contributed by atoms with E-state index < -0.39 is 0 Å². The Morgan fingerprint density at radius 2 is 1.97 bits per heavy atom. The number of pyridine rings is 1. The molecule has 2 aromatic carbocycles. The third-order valence-electron chi connectivity index (χ3n) is 6.52. The Balaban J connectivity index is 1.52. The minimum Gasteiger partial charge on any atom is -0.497 e. The lowest BCUT2D eigenvalue weighted by Gasteiger charge is -2.30. The van der Waals surface area contributed by atoms with Gasteiger partial charge in [0.1, 0.15) is 5.75 Å². The smallest absolute Gasteiger partial charge is 0.252 e.